The van der Waals surface area contributed by atoms with Crippen LogP contribution in [0.1, 0.15) is 43.0 Å². The van der Waals surface area contributed by atoms with Gasteiger partial charge in [-0.2, -0.15) is 4.31 Å². The Kier molecular flexibility index (Phi) is 4.94. The number of fused-ring (bicyclic) bond motifs is 4. The highest BCUT2D eigenvalue weighted by atomic mass is 32.2. The Labute approximate surface area is 184 Å². The predicted molar refractivity (Wildman–Crippen MR) is 124 cm³/mol. The first-order valence-corrected chi connectivity index (χ1v) is 12.5. The van der Waals surface area contributed by atoms with Crippen molar-refractivity contribution in [1.82, 2.24) is 8.87 Å². The van der Waals surface area contributed by atoms with Gasteiger partial charge in [-0.25, -0.2) is 8.42 Å². The maximum absolute atomic E-state index is 13.3. The van der Waals surface area contributed by atoms with E-state index in [9.17, 15) is 8.42 Å². The number of anilines is 1. The molecule has 0 unspecified atom stereocenters. The Morgan fingerprint density at radius 3 is 2.48 bits per heavy atom. The summed E-state index contributed by atoms with van der Waals surface area (Å²) in [7, 11) is -3.48. The average molecular weight is 436 g/mol. The number of hydrogen-bond donors (Lipinski definition) is 1. The molecule has 5 rings (SSSR count). The molecule has 1 saturated heterocycles. The van der Waals surface area contributed by atoms with Gasteiger partial charge in [0.2, 0.25) is 10.0 Å². The SMILES string of the molecule is CCCc1ccc(S(=O)(=O)N2CCC3(CC2)Nc2cc(C)ccc2-n2cccc23)cc1. The third-order valence-electron chi connectivity index (χ3n) is 6.70. The lowest BCUT2D eigenvalue weighted by Crippen LogP contribution is -2.51. The van der Waals surface area contributed by atoms with E-state index in [4.69, 9.17) is 0 Å². The van der Waals surface area contributed by atoms with Gasteiger partial charge < -0.3 is 9.88 Å². The number of piperidine rings is 1. The Morgan fingerprint density at radius 1 is 1.03 bits per heavy atom. The molecule has 0 saturated carbocycles. The highest BCUT2D eigenvalue weighted by molar-refractivity contribution is 7.89. The van der Waals surface area contributed by atoms with Gasteiger partial charge in [0.25, 0.3) is 0 Å². The zero-order chi connectivity index (χ0) is 21.6. The van der Waals surface area contributed by atoms with Crippen molar-refractivity contribution in [1.29, 1.82) is 0 Å². The standard InChI is InChI=1S/C25H29N3O2S/c1-3-5-20-8-10-21(11-9-20)31(29,30)27-16-13-25(14-17-27)24-6-4-15-28(24)23-12-7-19(2)18-22(23)26-25/h4,6-12,15,18,26H,3,5,13-14,16-17H2,1-2H3. The third-order valence-corrected chi connectivity index (χ3v) is 8.61. The van der Waals surface area contributed by atoms with Gasteiger partial charge in [-0.1, -0.05) is 31.5 Å². The van der Waals surface area contributed by atoms with Crippen LogP contribution in [-0.2, 0) is 22.0 Å². The van der Waals surface area contributed by atoms with E-state index in [1.54, 1.807) is 16.4 Å². The highest BCUT2D eigenvalue weighted by Crippen LogP contribution is 2.44. The first-order chi connectivity index (χ1) is 14.9. The van der Waals surface area contributed by atoms with Crippen LogP contribution < -0.4 is 5.32 Å². The second-order valence-corrected chi connectivity index (χ2v) is 10.7. The Bertz CT molecular complexity index is 1200. The van der Waals surface area contributed by atoms with Crippen LogP contribution >= 0.6 is 0 Å². The molecule has 0 atom stereocenters. The summed E-state index contributed by atoms with van der Waals surface area (Å²) in [6, 6.07) is 18.1. The van der Waals surface area contributed by atoms with Crippen LogP contribution in [0.5, 0.6) is 0 Å². The zero-order valence-electron chi connectivity index (χ0n) is 18.1. The van der Waals surface area contributed by atoms with Crippen molar-refractivity contribution < 1.29 is 8.42 Å². The molecule has 2 aliphatic rings. The maximum Gasteiger partial charge on any atom is 0.243 e. The van der Waals surface area contributed by atoms with Crippen LogP contribution in [0.2, 0.25) is 0 Å². The van der Waals surface area contributed by atoms with Crippen LogP contribution in [0.15, 0.2) is 65.7 Å². The summed E-state index contributed by atoms with van der Waals surface area (Å²) in [5, 5.41) is 3.79. The summed E-state index contributed by atoms with van der Waals surface area (Å²) >= 11 is 0. The summed E-state index contributed by atoms with van der Waals surface area (Å²) in [6.07, 6.45) is 5.60. The molecule has 1 aromatic heterocycles. The molecule has 3 heterocycles. The van der Waals surface area contributed by atoms with E-state index in [0.29, 0.717) is 18.0 Å². The quantitative estimate of drug-likeness (QED) is 0.638. The van der Waals surface area contributed by atoms with E-state index >= 15 is 0 Å². The van der Waals surface area contributed by atoms with Crippen LogP contribution in [0.25, 0.3) is 5.69 Å². The molecule has 0 bridgehead atoms. The smallest absolute Gasteiger partial charge is 0.243 e. The fourth-order valence-corrected chi connectivity index (χ4v) is 6.46. The molecule has 6 heteroatoms. The lowest BCUT2D eigenvalue weighted by molar-refractivity contribution is 0.247. The summed E-state index contributed by atoms with van der Waals surface area (Å²) in [4.78, 5) is 0.393. The second-order valence-electron chi connectivity index (χ2n) is 8.79. The van der Waals surface area contributed by atoms with Gasteiger partial charge >= 0.3 is 0 Å². The number of rotatable bonds is 4. The molecule has 1 N–H and O–H groups in total. The normalized spacial score (nSPS) is 17.7. The molecule has 3 aromatic rings. The van der Waals surface area contributed by atoms with Gasteiger partial charge in [0.1, 0.15) is 0 Å². The van der Waals surface area contributed by atoms with Crippen molar-refractivity contribution in [3.63, 3.8) is 0 Å². The van der Waals surface area contributed by atoms with Crippen molar-refractivity contribution in [3.05, 3.63) is 77.6 Å². The molecule has 162 valence electrons. The van der Waals surface area contributed by atoms with E-state index in [1.807, 2.05) is 12.1 Å². The Morgan fingerprint density at radius 2 is 1.77 bits per heavy atom. The van der Waals surface area contributed by atoms with Crippen LogP contribution in [-0.4, -0.2) is 30.4 Å². The lowest BCUT2D eigenvalue weighted by atomic mass is 9.83. The third kappa shape index (κ3) is 3.38. The first kappa shape index (κ1) is 20.3. The molecule has 0 radical (unpaired) electrons. The molecule has 0 aliphatic carbocycles. The minimum atomic E-state index is -3.48. The summed E-state index contributed by atoms with van der Waals surface area (Å²) < 4.78 is 30.4. The summed E-state index contributed by atoms with van der Waals surface area (Å²) in [5.74, 6) is 0. The van der Waals surface area contributed by atoms with Gasteiger partial charge in [0.15, 0.2) is 0 Å². The zero-order valence-corrected chi connectivity index (χ0v) is 19.0. The van der Waals surface area contributed by atoms with Crippen molar-refractivity contribution in [3.8, 4) is 5.69 Å². The van der Waals surface area contributed by atoms with Crippen molar-refractivity contribution in [2.45, 2.75) is 50.0 Å². The number of benzene rings is 2. The monoisotopic (exact) mass is 435 g/mol. The highest BCUT2D eigenvalue weighted by Gasteiger charge is 2.43. The average Bonchev–Trinajstić information content (AvgIpc) is 3.26. The van der Waals surface area contributed by atoms with Gasteiger partial charge in [-0.15, -0.1) is 0 Å². The minimum absolute atomic E-state index is 0.249. The largest absolute Gasteiger partial charge is 0.372 e. The van der Waals surface area contributed by atoms with E-state index in [2.05, 4.69) is 60.3 Å². The van der Waals surface area contributed by atoms with Crippen molar-refractivity contribution in [2.75, 3.05) is 18.4 Å². The van der Waals surface area contributed by atoms with Crippen LogP contribution in [0.4, 0.5) is 5.69 Å². The Hall–Kier alpha value is -2.57. The van der Waals surface area contributed by atoms with Gasteiger partial charge in [-0.05, 0) is 73.7 Å². The maximum atomic E-state index is 13.3. The molecule has 1 spiro atoms. The predicted octanol–water partition coefficient (Wildman–Crippen LogP) is 4.84. The number of nitrogens with zero attached hydrogens (tertiary/aromatic N) is 2. The number of nitrogens with one attached hydrogen (secondary N) is 1. The van der Waals surface area contributed by atoms with E-state index in [-0.39, 0.29) is 5.54 Å². The van der Waals surface area contributed by atoms with Crippen molar-refractivity contribution in [2.24, 2.45) is 0 Å². The summed E-state index contributed by atoms with van der Waals surface area (Å²) in [5.41, 5.74) is 5.62. The molecule has 1 fully saturated rings. The van der Waals surface area contributed by atoms with Crippen LogP contribution in [0.3, 0.4) is 0 Å². The molecule has 2 aliphatic heterocycles. The molecule has 0 amide bonds. The Balaban J connectivity index is 1.40. The molecule has 5 nitrogen and oxygen atoms in total. The molecule has 2 aromatic carbocycles. The van der Waals surface area contributed by atoms with E-state index in [1.165, 1.54) is 16.8 Å². The topological polar surface area (TPSA) is 54.3 Å². The summed E-state index contributed by atoms with van der Waals surface area (Å²) in [6.45, 7) is 5.22. The van der Waals surface area contributed by atoms with Gasteiger partial charge in [0, 0.05) is 25.0 Å². The van der Waals surface area contributed by atoms with Crippen LogP contribution in [0, 0.1) is 6.92 Å². The van der Waals surface area contributed by atoms with E-state index in [0.717, 1.165) is 37.1 Å². The van der Waals surface area contributed by atoms with Gasteiger partial charge in [-0.3, -0.25) is 0 Å². The number of aryl methyl sites for hydroxylation is 2. The number of hydrogen-bond acceptors (Lipinski definition) is 3. The molecule has 31 heavy (non-hydrogen) atoms. The number of sulfonamides is 1. The first-order valence-electron chi connectivity index (χ1n) is 11.1. The van der Waals surface area contributed by atoms with E-state index < -0.39 is 10.0 Å². The lowest BCUT2D eigenvalue weighted by Gasteiger charge is -2.46. The van der Waals surface area contributed by atoms with Crippen molar-refractivity contribution >= 4 is 15.7 Å². The minimum Gasteiger partial charge on any atom is -0.372 e. The van der Waals surface area contributed by atoms with Gasteiger partial charge in [0.05, 0.1) is 21.8 Å². The fourth-order valence-electron chi connectivity index (χ4n) is 5.02. The molecular weight excluding hydrogens is 406 g/mol. The molecular formula is C25H29N3O2S. The second kappa shape index (κ2) is 7.53. The fraction of sp³-hybridized carbons (Fsp3) is 0.360. The number of aromatic nitrogens is 1.